The van der Waals surface area contributed by atoms with Crippen LogP contribution in [-0.2, 0) is 4.79 Å². The first-order valence-electron chi connectivity index (χ1n) is 10.8. The highest BCUT2D eigenvalue weighted by Crippen LogP contribution is 2.39. The van der Waals surface area contributed by atoms with Crippen molar-refractivity contribution >= 4 is 23.1 Å². The van der Waals surface area contributed by atoms with E-state index in [1.165, 1.54) is 6.20 Å². The summed E-state index contributed by atoms with van der Waals surface area (Å²) in [5.74, 6) is 1.34. The first-order valence-corrected chi connectivity index (χ1v) is 11.6. The number of rotatable bonds is 9. The molecule has 0 bridgehead atoms. The molecule has 5 N–H and O–H groups in total. The van der Waals surface area contributed by atoms with E-state index in [0.717, 1.165) is 58.3 Å². The number of thiazole rings is 1. The number of aliphatic hydroxyl groups is 1. The lowest BCUT2D eigenvalue weighted by Crippen LogP contribution is -2.32. The Kier molecular flexibility index (Phi) is 8.58. The Morgan fingerprint density at radius 1 is 1.34 bits per heavy atom. The number of aromatic nitrogens is 2. The maximum Gasteiger partial charge on any atom is 0.245 e. The summed E-state index contributed by atoms with van der Waals surface area (Å²) in [6.07, 6.45) is 11.4. The fourth-order valence-electron chi connectivity index (χ4n) is 3.84. The quantitative estimate of drug-likeness (QED) is 0.428. The molecule has 170 valence electrons. The molecule has 0 radical (unpaired) electrons. The third kappa shape index (κ3) is 6.77. The summed E-state index contributed by atoms with van der Waals surface area (Å²) in [5, 5.41) is 16.0. The van der Waals surface area contributed by atoms with Gasteiger partial charge in [-0.15, -0.1) is 11.3 Å². The largest absolute Gasteiger partial charge is 0.405 e. The highest BCUT2D eigenvalue weighted by atomic mass is 32.1. The van der Waals surface area contributed by atoms with Crippen LogP contribution in [0.2, 0.25) is 0 Å². The van der Waals surface area contributed by atoms with Gasteiger partial charge in [-0.1, -0.05) is 12.6 Å². The molecular formula is C24H31N5O2S. The monoisotopic (exact) mass is 453 g/mol. The zero-order valence-corrected chi connectivity index (χ0v) is 19.2. The van der Waals surface area contributed by atoms with Crippen molar-refractivity contribution in [2.24, 2.45) is 11.7 Å². The second-order valence-electron chi connectivity index (χ2n) is 8.05. The summed E-state index contributed by atoms with van der Waals surface area (Å²) in [4.78, 5) is 21.7. The second-order valence-corrected chi connectivity index (χ2v) is 9.11. The molecular weight excluding hydrogens is 422 g/mol. The van der Waals surface area contributed by atoms with Gasteiger partial charge in [-0.05, 0) is 74.6 Å². The summed E-state index contributed by atoms with van der Waals surface area (Å²) >= 11 is 1.70. The molecule has 3 rings (SSSR count). The van der Waals surface area contributed by atoms with E-state index in [2.05, 4.69) is 22.2 Å². The van der Waals surface area contributed by atoms with Crippen LogP contribution in [0.4, 0.5) is 5.82 Å². The van der Waals surface area contributed by atoms with Gasteiger partial charge in [0.2, 0.25) is 5.91 Å². The van der Waals surface area contributed by atoms with Crippen LogP contribution in [0, 0.1) is 5.92 Å². The lowest BCUT2D eigenvalue weighted by Gasteiger charge is -2.27. The van der Waals surface area contributed by atoms with Crippen molar-refractivity contribution in [3.63, 3.8) is 0 Å². The molecule has 2 aromatic rings. The SMILES string of the molecule is C=C(/C=C(C)\C=C/N)Nc1cccc(-c2cnc(C3CCC(CNC(=O)CO)CC3)s2)n1. The smallest absolute Gasteiger partial charge is 0.245 e. The number of nitrogens with zero attached hydrogens (tertiary/aromatic N) is 2. The Bertz CT molecular complexity index is 990. The number of carbonyl (C=O) groups excluding carboxylic acids is 1. The molecule has 1 aliphatic carbocycles. The summed E-state index contributed by atoms with van der Waals surface area (Å²) < 4.78 is 0. The highest BCUT2D eigenvalue weighted by molar-refractivity contribution is 7.15. The van der Waals surface area contributed by atoms with E-state index >= 15 is 0 Å². The summed E-state index contributed by atoms with van der Waals surface area (Å²) in [5.41, 5.74) is 8.04. The Balaban J connectivity index is 1.59. The van der Waals surface area contributed by atoms with E-state index in [-0.39, 0.29) is 5.91 Å². The average molecular weight is 454 g/mol. The molecule has 1 fully saturated rings. The summed E-state index contributed by atoms with van der Waals surface area (Å²) in [6, 6.07) is 5.87. The van der Waals surface area contributed by atoms with E-state index < -0.39 is 6.61 Å². The van der Waals surface area contributed by atoms with Gasteiger partial charge in [-0.3, -0.25) is 4.79 Å². The summed E-state index contributed by atoms with van der Waals surface area (Å²) in [6.45, 7) is 6.18. The van der Waals surface area contributed by atoms with Crippen LogP contribution in [0.3, 0.4) is 0 Å². The molecule has 8 heteroatoms. The molecule has 1 aliphatic rings. The lowest BCUT2D eigenvalue weighted by molar-refractivity contribution is -0.124. The fourth-order valence-corrected chi connectivity index (χ4v) is 4.90. The minimum absolute atomic E-state index is 0.303. The molecule has 0 unspecified atom stereocenters. The van der Waals surface area contributed by atoms with Crippen molar-refractivity contribution in [2.75, 3.05) is 18.5 Å². The van der Waals surface area contributed by atoms with E-state index in [1.807, 2.05) is 43.5 Å². The molecule has 2 heterocycles. The van der Waals surface area contributed by atoms with Gasteiger partial charge in [0.15, 0.2) is 0 Å². The molecule has 0 spiro atoms. The summed E-state index contributed by atoms with van der Waals surface area (Å²) in [7, 11) is 0. The number of hydrogen-bond acceptors (Lipinski definition) is 7. The number of anilines is 1. The molecule has 7 nitrogen and oxygen atoms in total. The number of aliphatic hydroxyl groups excluding tert-OH is 1. The number of allylic oxidation sites excluding steroid dienone is 3. The Hall–Kier alpha value is -2.97. The minimum atomic E-state index is -0.446. The Labute approximate surface area is 193 Å². The molecule has 0 saturated heterocycles. The zero-order valence-electron chi connectivity index (χ0n) is 18.4. The maximum atomic E-state index is 11.2. The first-order chi connectivity index (χ1) is 15.5. The van der Waals surface area contributed by atoms with Crippen LogP contribution in [0.15, 0.2) is 60.6 Å². The molecule has 2 aromatic heterocycles. The van der Waals surface area contributed by atoms with Gasteiger partial charge in [0.05, 0.1) is 15.6 Å². The Morgan fingerprint density at radius 3 is 2.84 bits per heavy atom. The van der Waals surface area contributed by atoms with Gasteiger partial charge in [-0.2, -0.15) is 0 Å². The molecule has 32 heavy (non-hydrogen) atoms. The number of amides is 1. The molecule has 1 amide bonds. The predicted molar refractivity (Wildman–Crippen MR) is 130 cm³/mol. The van der Waals surface area contributed by atoms with Gasteiger partial charge in [-0.25, -0.2) is 9.97 Å². The normalized spacial score (nSPS) is 19.1. The van der Waals surface area contributed by atoms with Crippen LogP contribution >= 0.6 is 11.3 Å². The van der Waals surface area contributed by atoms with Gasteiger partial charge in [0.1, 0.15) is 12.4 Å². The third-order valence-electron chi connectivity index (χ3n) is 5.50. The third-order valence-corrected chi connectivity index (χ3v) is 6.68. The van der Waals surface area contributed by atoms with Crippen molar-refractivity contribution < 1.29 is 9.90 Å². The topological polar surface area (TPSA) is 113 Å². The lowest BCUT2D eigenvalue weighted by atomic mass is 9.82. The van der Waals surface area contributed by atoms with E-state index in [1.54, 1.807) is 11.3 Å². The highest BCUT2D eigenvalue weighted by Gasteiger charge is 2.25. The van der Waals surface area contributed by atoms with Gasteiger partial charge in [0, 0.05) is 24.4 Å². The zero-order chi connectivity index (χ0) is 22.9. The predicted octanol–water partition coefficient (Wildman–Crippen LogP) is 3.93. The molecule has 1 saturated carbocycles. The van der Waals surface area contributed by atoms with Gasteiger partial charge in [0.25, 0.3) is 0 Å². The Morgan fingerprint density at radius 2 is 2.12 bits per heavy atom. The van der Waals surface area contributed by atoms with Crippen LogP contribution in [0.1, 0.15) is 43.5 Å². The number of nitrogens with one attached hydrogen (secondary N) is 2. The van der Waals surface area contributed by atoms with Gasteiger partial charge < -0.3 is 21.5 Å². The number of hydrogen-bond donors (Lipinski definition) is 4. The van der Waals surface area contributed by atoms with Crippen LogP contribution in [0.25, 0.3) is 10.6 Å². The van der Waals surface area contributed by atoms with Gasteiger partial charge >= 0.3 is 0 Å². The number of carbonyl (C=O) groups is 1. The first kappa shape index (κ1) is 23.7. The molecule has 0 atom stereocenters. The van der Waals surface area contributed by atoms with Crippen molar-refractivity contribution in [2.45, 2.75) is 38.5 Å². The number of nitrogens with two attached hydrogens (primary N) is 1. The maximum absolute atomic E-state index is 11.2. The fraction of sp³-hybridized carbons (Fsp3) is 0.375. The van der Waals surface area contributed by atoms with Crippen molar-refractivity contribution in [3.8, 4) is 10.6 Å². The minimum Gasteiger partial charge on any atom is -0.405 e. The van der Waals surface area contributed by atoms with E-state index in [0.29, 0.717) is 18.4 Å². The standard InChI is InChI=1S/C24H31N5O2S/c1-16(10-11-25)12-17(2)28-22-5-3-4-20(29-22)21-14-27-24(32-21)19-8-6-18(7-9-19)13-26-23(31)15-30/h3-5,10-12,14,18-19,30H,2,6-9,13,15,25H2,1H3,(H,26,31)(H,28,29)/b11-10-,16-12-. The van der Waals surface area contributed by atoms with E-state index in [4.69, 9.17) is 15.8 Å². The average Bonchev–Trinajstić information content (AvgIpc) is 3.28. The van der Waals surface area contributed by atoms with Crippen molar-refractivity contribution in [3.05, 3.63) is 65.6 Å². The van der Waals surface area contributed by atoms with Crippen LogP contribution < -0.4 is 16.4 Å². The van der Waals surface area contributed by atoms with Crippen LogP contribution in [0.5, 0.6) is 0 Å². The van der Waals surface area contributed by atoms with E-state index in [9.17, 15) is 4.79 Å². The van der Waals surface area contributed by atoms with Crippen LogP contribution in [-0.4, -0.2) is 34.1 Å². The number of pyridine rings is 1. The second kappa shape index (κ2) is 11.6. The molecule has 0 aromatic carbocycles. The van der Waals surface area contributed by atoms with Crippen molar-refractivity contribution in [1.82, 2.24) is 15.3 Å². The van der Waals surface area contributed by atoms with Crippen molar-refractivity contribution in [1.29, 1.82) is 0 Å². The molecule has 0 aliphatic heterocycles.